The molecule has 1 aromatic carbocycles. The molecule has 0 spiro atoms. The van der Waals surface area contributed by atoms with Crippen molar-refractivity contribution in [1.82, 2.24) is 5.06 Å². The number of anilines is 1. The van der Waals surface area contributed by atoms with Gasteiger partial charge in [0.1, 0.15) is 5.82 Å². The van der Waals surface area contributed by atoms with Gasteiger partial charge in [-0.3, -0.25) is 9.63 Å². The number of rotatable bonds is 2. The minimum Gasteiger partial charge on any atom is -0.396 e. The number of hydrogen-bond donors (Lipinski definition) is 1. The minimum atomic E-state index is -0.641. The van der Waals surface area contributed by atoms with Crippen molar-refractivity contribution in [2.24, 2.45) is 0 Å². The fourth-order valence-electron chi connectivity index (χ4n) is 1.01. The standard InChI is InChI=1S/C9H10BrFN2O2/c1-13(15-2)9(14)6-3-5(10)4-7(11)8(6)12/h3-4H,12H2,1-2H3. The third-order valence-electron chi connectivity index (χ3n) is 1.88. The lowest BCUT2D eigenvalue weighted by Crippen LogP contribution is -2.26. The van der Waals surface area contributed by atoms with E-state index in [1.807, 2.05) is 0 Å². The van der Waals surface area contributed by atoms with Crippen molar-refractivity contribution in [2.75, 3.05) is 19.9 Å². The van der Waals surface area contributed by atoms with Gasteiger partial charge in [-0.05, 0) is 12.1 Å². The summed E-state index contributed by atoms with van der Waals surface area (Å²) >= 11 is 3.08. The molecule has 0 aromatic heterocycles. The molecular formula is C9H10BrFN2O2. The molecule has 0 unspecified atom stereocenters. The van der Waals surface area contributed by atoms with Gasteiger partial charge in [0.15, 0.2) is 0 Å². The predicted octanol–water partition coefficient (Wildman–Crippen LogP) is 1.80. The summed E-state index contributed by atoms with van der Waals surface area (Å²) in [5.41, 5.74) is 5.32. The molecule has 6 heteroatoms. The van der Waals surface area contributed by atoms with Gasteiger partial charge >= 0.3 is 0 Å². The second kappa shape index (κ2) is 4.59. The number of amides is 1. The van der Waals surface area contributed by atoms with E-state index in [1.54, 1.807) is 0 Å². The molecule has 0 fully saturated rings. The maximum atomic E-state index is 13.2. The van der Waals surface area contributed by atoms with Crippen LogP contribution in [0.5, 0.6) is 0 Å². The zero-order chi connectivity index (χ0) is 11.6. The van der Waals surface area contributed by atoms with E-state index in [9.17, 15) is 9.18 Å². The first-order valence-electron chi connectivity index (χ1n) is 4.04. The minimum absolute atomic E-state index is 0.0613. The number of carbonyl (C=O) groups is 1. The van der Waals surface area contributed by atoms with Crippen molar-refractivity contribution >= 4 is 27.5 Å². The lowest BCUT2D eigenvalue weighted by Gasteiger charge is -2.15. The summed E-state index contributed by atoms with van der Waals surface area (Å²) < 4.78 is 13.6. The molecule has 1 rings (SSSR count). The molecule has 0 aliphatic carbocycles. The van der Waals surface area contributed by atoms with Crippen LogP contribution in [0.15, 0.2) is 16.6 Å². The van der Waals surface area contributed by atoms with Crippen molar-refractivity contribution in [2.45, 2.75) is 0 Å². The van der Waals surface area contributed by atoms with E-state index in [4.69, 9.17) is 10.6 Å². The SMILES string of the molecule is CON(C)C(=O)c1cc(Br)cc(F)c1N. The summed E-state index contributed by atoms with van der Waals surface area (Å²) in [6.45, 7) is 0. The molecule has 4 nitrogen and oxygen atoms in total. The molecule has 15 heavy (non-hydrogen) atoms. The normalized spacial score (nSPS) is 10.1. The van der Waals surface area contributed by atoms with Crippen molar-refractivity contribution in [3.05, 3.63) is 28.0 Å². The van der Waals surface area contributed by atoms with Crippen LogP contribution in [0.1, 0.15) is 10.4 Å². The van der Waals surface area contributed by atoms with E-state index in [2.05, 4.69) is 15.9 Å². The van der Waals surface area contributed by atoms with Gasteiger partial charge in [-0.1, -0.05) is 15.9 Å². The van der Waals surface area contributed by atoms with Crippen LogP contribution in [0.2, 0.25) is 0 Å². The Hall–Kier alpha value is -1.14. The van der Waals surface area contributed by atoms with Crippen LogP contribution in [-0.2, 0) is 4.84 Å². The van der Waals surface area contributed by atoms with Crippen molar-refractivity contribution in [3.8, 4) is 0 Å². The average molecular weight is 277 g/mol. The molecule has 0 bridgehead atoms. The Balaban J connectivity index is 3.19. The van der Waals surface area contributed by atoms with Crippen LogP contribution >= 0.6 is 15.9 Å². The highest BCUT2D eigenvalue weighted by atomic mass is 79.9. The summed E-state index contributed by atoms with van der Waals surface area (Å²) in [6, 6.07) is 2.63. The summed E-state index contributed by atoms with van der Waals surface area (Å²) in [5, 5.41) is 0.970. The van der Waals surface area contributed by atoms with Gasteiger partial charge in [0.2, 0.25) is 0 Å². The van der Waals surface area contributed by atoms with E-state index in [0.717, 1.165) is 5.06 Å². The highest BCUT2D eigenvalue weighted by Crippen LogP contribution is 2.23. The zero-order valence-corrected chi connectivity index (χ0v) is 9.84. The predicted molar refractivity (Wildman–Crippen MR) is 57.6 cm³/mol. The molecule has 0 atom stereocenters. The number of carbonyl (C=O) groups excluding carboxylic acids is 1. The second-order valence-corrected chi connectivity index (χ2v) is 3.75. The Morgan fingerprint density at radius 1 is 1.60 bits per heavy atom. The topological polar surface area (TPSA) is 55.6 Å². The monoisotopic (exact) mass is 276 g/mol. The van der Waals surface area contributed by atoms with Crippen LogP contribution in [0, 0.1) is 5.82 Å². The average Bonchev–Trinajstić information content (AvgIpc) is 2.21. The van der Waals surface area contributed by atoms with Crippen LogP contribution < -0.4 is 5.73 Å². The number of nitrogens with two attached hydrogens (primary N) is 1. The fourth-order valence-corrected chi connectivity index (χ4v) is 1.44. The highest BCUT2D eigenvalue weighted by Gasteiger charge is 2.17. The van der Waals surface area contributed by atoms with Crippen molar-refractivity contribution < 1.29 is 14.0 Å². The van der Waals surface area contributed by atoms with E-state index < -0.39 is 11.7 Å². The quantitative estimate of drug-likeness (QED) is 0.662. The summed E-state index contributed by atoms with van der Waals surface area (Å²) in [5.74, 6) is -1.15. The number of halogens is 2. The Kier molecular flexibility index (Phi) is 3.65. The fraction of sp³-hybridized carbons (Fsp3) is 0.222. The summed E-state index contributed by atoms with van der Waals surface area (Å²) in [7, 11) is 2.75. The molecule has 0 radical (unpaired) electrons. The first-order chi connectivity index (χ1) is 6.97. The highest BCUT2D eigenvalue weighted by molar-refractivity contribution is 9.10. The van der Waals surface area contributed by atoms with Crippen molar-refractivity contribution in [3.63, 3.8) is 0 Å². The number of nitrogen functional groups attached to an aromatic ring is 1. The zero-order valence-electron chi connectivity index (χ0n) is 8.25. The summed E-state index contributed by atoms with van der Waals surface area (Å²) in [6.07, 6.45) is 0. The maximum absolute atomic E-state index is 13.2. The van der Waals surface area contributed by atoms with Crippen molar-refractivity contribution in [1.29, 1.82) is 0 Å². The van der Waals surface area contributed by atoms with Crippen LogP contribution in [0.3, 0.4) is 0 Å². The second-order valence-electron chi connectivity index (χ2n) is 2.83. The molecule has 1 amide bonds. The molecule has 82 valence electrons. The van der Waals surface area contributed by atoms with Crippen LogP contribution in [-0.4, -0.2) is 25.1 Å². The third kappa shape index (κ3) is 2.45. The maximum Gasteiger partial charge on any atom is 0.279 e. The number of hydroxylamine groups is 2. The van der Waals surface area contributed by atoms with Gasteiger partial charge < -0.3 is 5.73 Å². The molecule has 2 N–H and O–H groups in total. The number of hydrogen-bond acceptors (Lipinski definition) is 3. The molecule has 0 aliphatic rings. The van der Waals surface area contributed by atoms with Gasteiger partial charge in [0.05, 0.1) is 18.4 Å². The smallest absolute Gasteiger partial charge is 0.279 e. The number of nitrogens with zero attached hydrogens (tertiary/aromatic N) is 1. The van der Waals surface area contributed by atoms with E-state index in [1.165, 1.54) is 26.3 Å². The molecule has 0 saturated carbocycles. The van der Waals surface area contributed by atoms with Crippen LogP contribution in [0.25, 0.3) is 0 Å². The van der Waals surface area contributed by atoms with Gasteiger partial charge in [0, 0.05) is 11.5 Å². The first kappa shape index (κ1) is 11.9. The number of benzene rings is 1. The Morgan fingerprint density at radius 3 is 2.73 bits per heavy atom. The molecule has 0 heterocycles. The molecule has 0 saturated heterocycles. The molecule has 0 aliphatic heterocycles. The Bertz CT molecular complexity index is 398. The lowest BCUT2D eigenvalue weighted by molar-refractivity contribution is -0.0756. The first-order valence-corrected chi connectivity index (χ1v) is 4.83. The van der Waals surface area contributed by atoms with Gasteiger partial charge in [0.25, 0.3) is 5.91 Å². The molecule has 1 aromatic rings. The van der Waals surface area contributed by atoms with E-state index >= 15 is 0 Å². The Labute approximate surface area is 94.9 Å². The van der Waals surface area contributed by atoms with Gasteiger partial charge in [-0.25, -0.2) is 9.45 Å². The summed E-state index contributed by atoms with van der Waals surface area (Å²) in [4.78, 5) is 16.3. The van der Waals surface area contributed by atoms with Crippen LogP contribution in [0.4, 0.5) is 10.1 Å². The Morgan fingerprint density at radius 2 is 2.20 bits per heavy atom. The van der Waals surface area contributed by atoms with E-state index in [-0.39, 0.29) is 11.3 Å². The largest absolute Gasteiger partial charge is 0.396 e. The van der Waals surface area contributed by atoms with Gasteiger partial charge in [-0.15, -0.1) is 0 Å². The third-order valence-corrected chi connectivity index (χ3v) is 2.34. The van der Waals surface area contributed by atoms with E-state index in [0.29, 0.717) is 4.47 Å². The lowest BCUT2D eigenvalue weighted by atomic mass is 10.1. The van der Waals surface area contributed by atoms with Gasteiger partial charge in [-0.2, -0.15) is 0 Å². The molecular weight excluding hydrogens is 267 g/mol.